The van der Waals surface area contributed by atoms with Crippen LogP contribution in [0.4, 0.5) is 27.4 Å². The fourth-order valence-corrected chi connectivity index (χ4v) is 12.0. The lowest BCUT2D eigenvalue weighted by atomic mass is 9.90. The lowest BCUT2D eigenvalue weighted by Crippen LogP contribution is -2.49. The van der Waals surface area contributed by atoms with Crippen molar-refractivity contribution in [1.82, 2.24) is 69.3 Å². The van der Waals surface area contributed by atoms with Crippen LogP contribution in [0.1, 0.15) is 94.1 Å². The SMILES string of the molecule is CC(=O)O.CC(=O)O.CN1CCN(C2CCC(n3nc(-c4ccc(NCc5c(F)cccc5Cl)cc4)c4c(N)ncnc43)CC2)CC1.Cc1[nH]ncc1CNc1ccc(-c2nn(C3CCC(N4CCN(C)CC4)CC3)c3ncnc(N)c23)cc1. The highest BCUT2D eigenvalue weighted by atomic mass is 35.5. The molecule has 0 amide bonds. The predicted octanol–water partition coefficient (Wildman–Crippen LogP) is 8.84. The van der Waals surface area contributed by atoms with Crippen LogP contribution in [0.15, 0.2) is 85.6 Å². The van der Waals surface area contributed by atoms with Crippen LogP contribution in [0, 0.1) is 12.7 Å². The Hall–Kier alpha value is -7.83. The minimum atomic E-state index is -0.833. The minimum Gasteiger partial charge on any atom is -0.481 e. The fraction of sp³-hybridized carbons (Fsp3) is 0.450. The molecule has 7 heterocycles. The first kappa shape index (κ1) is 60.8. The molecule has 0 atom stereocenters. The number of H-pyrrole nitrogens is 1. The van der Waals surface area contributed by atoms with Gasteiger partial charge in [0.05, 0.1) is 29.1 Å². The summed E-state index contributed by atoms with van der Waals surface area (Å²) in [6.45, 7) is 14.5. The molecule has 22 nitrogen and oxygen atoms in total. The zero-order valence-electron chi connectivity index (χ0n) is 48.6. The van der Waals surface area contributed by atoms with E-state index in [0.29, 0.717) is 46.9 Å². The smallest absolute Gasteiger partial charge is 0.300 e. The highest BCUT2D eigenvalue weighted by Gasteiger charge is 2.33. The van der Waals surface area contributed by atoms with Gasteiger partial charge in [0, 0.05) is 136 Å². The van der Waals surface area contributed by atoms with Crippen molar-refractivity contribution in [2.75, 3.05) is 88.6 Å². The summed E-state index contributed by atoms with van der Waals surface area (Å²) < 4.78 is 18.3. The molecule has 84 heavy (non-hydrogen) atoms. The van der Waals surface area contributed by atoms with Crippen molar-refractivity contribution in [3.8, 4) is 22.5 Å². The van der Waals surface area contributed by atoms with Gasteiger partial charge in [-0.1, -0.05) is 41.9 Å². The summed E-state index contributed by atoms with van der Waals surface area (Å²) >= 11 is 6.17. The summed E-state index contributed by atoms with van der Waals surface area (Å²) in [5.41, 5.74) is 22.5. The molecule has 0 radical (unpaired) electrons. The number of aryl methyl sites for hydroxylation is 1. The van der Waals surface area contributed by atoms with E-state index in [4.69, 9.17) is 53.1 Å². The van der Waals surface area contributed by atoms with Crippen LogP contribution in [-0.4, -0.2) is 170 Å². The van der Waals surface area contributed by atoms with Gasteiger partial charge < -0.3 is 42.1 Å². The van der Waals surface area contributed by atoms with Gasteiger partial charge in [0.25, 0.3) is 11.9 Å². The maximum atomic E-state index is 14.1. The molecule has 2 aliphatic heterocycles. The molecular weight excluding hydrogens is 1090 g/mol. The molecule has 12 rings (SSSR count). The number of likely N-dealkylation sites (N-methyl/N-ethyl adjacent to an activating group) is 2. The zero-order chi connectivity index (χ0) is 59.4. The fourth-order valence-electron chi connectivity index (χ4n) is 11.7. The first-order valence-corrected chi connectivity index (χ1v) is 29.2. The summed E-state index contributed by atoms with van der Waals surface area (Å²) in [4.78, 5) is 46.0. The molecule has 0 unspecified atom stereocenters. The van der Waals surface area contributed by atoms with E-state index in [1.54, 1.807) is 18.5 Å². The number of aromatic amines is 1. The summed E-state index contributed by atoms with van der Waals surface area (Å²) in [6, 6.07) is 22.9. The molecular formula is C60H78ClFN18O4. The number of hydrogen-bond donors (Lipinski definition) is 7. The number of aliphatic carboxylic acids is 2. The minimum absolute atomic E-state index is 0.283. The number of anilines is 4. The summed E-state index contributed by atoms with van der Waals surface area (Å²) in [5.74, 6) is -1.07. The number of hydrogen-bond acceptors (Lipinski definition) is 17. The first-order valence-electron chi connectivity index (χ1n) is 28.8. The monoisotopic (exact) mass is 1170 g/mol. The van der Waals surface area contributed by atoms with Crippen molar-refractivity contribution < 1.29 is 24.2 Å². The van der Waals surface area contributed by atoms with E-state index in [-0.39, 0.29) is 11.9 Å². The third-order valence-corrected chi connectivity index (χ3v) is 16.8. The number of nitrogens with zero attached hydrogens (tertiary/aromatic N) is 13. The summed E-state index contributed by atoms with van der Waals surface area (Å²) in [5, 5.41) is 40.8. The van der Waals surface area contributed by atoms with Gasteiger partial charge in [-0.15, -0.1) is 0 Å². The third-order valence-electron chi connectivity index (χ3n) is 16.4. The molecule has 24 heteroatoms. The molecule has 9 N–H and O–H groups in total. The maximum absolute atomic E-state index is 14.1. The number of piperazine rings is 2. The normalized spacial score (nSPS) is 19.8. The Balaban J connectivity index is 0.000000179. The van der Waals surface area contributed by atoms with Gasteiger partial charge in [-0.05, 0) is 109 Å². The highest BCUT2D eigenvalue weighted by molar-refractivity contribution is 6.31. The number of halogens is 2. The Labute approximate surface area is 493 Å². The van der Waals surface area contributed by atoms with Gasteiger partial charge in [0.15, 0.2) is 11.3 Å². The van der Waals surface area contributed by atoms with E-state index in [2.05, 4.69) is 108 Å². The second kappa shape index (κ2) is 28.2. The zero-order valence-corrected chi connectivity index (χ0v) is 49.3. The van der Waals surface area contributed by atoms with Crippen molar-refractivity contribution in [3.05, 3.63) is 113 Å². The van der Waals surface area contributed by atoms with E-state index in [1.165, 1.54) is 51.4 Å². The average Bonchev–Trinajstić information content (AvgIpc) is 4.19. The van der Waals surface area contributed by atoms with Gasteiger partial charge in [0.2, 0.25) is 0 Å². The molecule has 3 aromatic carbocycles. The number of carbonyl (C=O) groups is 2. The topological polar surface area (TPSA) is 280 Å². The standard InChI is InChI=1S/C29H34ClFN8.C27H36N10.2C2H4O2/c1-37-13-15-38(16-14-37)21-9-11-22(12-10-21)39-29-26(28(32)34-18-35-29)27(36-39)19-5-7-20(8-6-19)33-17-23-24(30)3-2-4-25(23)31;1-18-20(16-32-33-18)15-29-21-5-3-19(4-6-21)25-24-26(28)30-17-31-27(24)37(34-25)23-9-7-22(8-10-23)36-13-11-35(2)12-14-36;2*1-2(3)4/h2-8,18,21-22,33H,9-17H2,1H3,(H2,32,34,35);3-6,16-17,22-23,29H,7-15H2,1-2H3,(H,32,33)(H2,28,30,31);2*1H3,(H,3,4). The summed E-state index contributed by atoms with van der Waals surface area (Å²) in [6.07, 6.45) is 14.0. The van der Waals surface area contributed by atoms with Crippen molar-refractivity contribution in [3.63, 3.8) is 0 Å². The number of nitrogens with two attached hydrogens (primary N) is 2. The number of fused-ring (bicyclic) bond motifs is 2. The van der Waals surface area contributed by atoms with Gasteiger partial charge in [0.1, 0.15) is 41.5 Å². The van der Waals surface area contributed by atoms with Crippen LogP contribution in [0.2, 0.25) is 5.02 Å². The summed E-state index contributed by atoms with van der Waals surface area (Å²) in [7, 11) is 4.42. The molecule has 0 spiro atoms. The first-order chi connectivity index (χ1) is 40.5. The highest BCUT2D eigenvalue weighted by Crippen LogP contribution is 2.39. The third kappa shape index (κ3) is 15.1. The van der Waals surface area contributed by atoms with Gasteiger partial charge in [-0.25, -0.2) is 33.7 Å². The van der Waals surface area contributed by atoms with E-state index in [0.717, 1.165) is 152 Å². The number of carboxylic acids is 2. The number of aromatic nitrogens is 10. The maximum Gasteiger partial charge on any atom is 0.300 e. The number of benzene rings is 3. The Kier molecular flexibility index (Phi) is 20.4. The Bertz CT molecular complexity index is 3410. The van der Waals surface area contributed by atoms with Crippen molar-refractivity contribution >= 4 is 68.6 Å². The number of carboxylic acid groups (broad SMARTS) is 2. The predicted molar refractivity (Wildman–Crippen MR) is 327 cm³/mol. The Morgan fingerprint density at radius 2 is 1.02 bits per heavy atom. The second-order valence-corrected chi connectivity index (χ2v) is 22.6. The molecule has 4 aliphatic rings. The van der Waals surface area contributed by atoms with Crippen LogP contribution < -0.4 is 22.1 Å². The van der Waals surface area contributed by atoms with Crippen molar-refractivity contribution in [2.24, 2.45) is 0 Å². The molecule has 2 saturated carbocycles. The molecule has 2 aliphatic carbocycles. The molecule has 2 saturated heterocycles. The van der Waals surface area contributed by atoms with Gasteiger partial charge in [-0.2, -0.15) is 15.3 Å². The van der Waals surface area contributed by atoms with Crippen LogP contribution in [0.25, 0.3) is 44.6 Å². The second-order valence-electron chi connectivity index (χ2n) is 22.2. The number of rotatable bonds is 12. The molecule has 5 aromatic heterocycles. The van der Waals surface area contributed by atoms with Crippen LogP contribution in [0.3, 0.4) is 0 Å². The molecule has 8 aromatic rings. The number of nitrogen functional groups attached to an aromatic ring is 2. The van der Waals surface area contributed by atoms with E-state index in [9.17, 15) is 4.39 Å². The average molecular weight is 1170 g/mol. The van der Waals surface area contributed by atoms with Gasteiger partial charge >= 0.3 is 0 Å². The van der Waals surface area contributed by atoms with Crippen molar-refractivity contribution in [1.29, 1.82) is 0 Å². The molecule has 4 fully saturated rings. The van der Waals surface area contributed by atoms with E-state index < -0.39 is 11.9 Å². The van der Waals surface area contributed by atoms with E-state index in [1.807, 2.05) is 37.4 Å². The largest absolute Gasteiger partial charge is 0.481 e. The van der Waals surface area contributed by atoms with Gasteiger partial charge in [-0.3, -0.25) is 24.5 Å². The van der Waals surface area contributed by atoms with Crippen molar-refractivity contribution in [2.45, 2.75) is 109 Å². The lowest BCUT2D eigenvalue weighted by Gasteiger charge is -2.41. The lowest BCUT2D eigenvalue weighted by molar-refractivity contribution is -0.135. The van der Waals surface area contributed by atoms with Crippen LogP contribution in [-0.2, 0) is 22.7 Å². The molecule has 0 bridgehead atoms. The number of nitrogens with one attached hydrogen (secondary N) is 3. The Morgan fingerprint density at radius 1 is 0.619 bits per heavy atom. The van der Waals surface area contributed by atoms with Crippen LogP contribution in [0.5, 0.6) is 0 Å². The quantitative estimate of drug-likeness (QED) is 0.0601. The van der Waals surface area contributed by atoms with Crippen LogP contribution >= 0.6 is 11.6 Å². The molecule has 446 valence electrons. The van der Waals surface area contributed by atoms with E-state index >= 15 is 0 Å². The Morgan fingerprint density at radius 3 is 1.42 bits per heavy atom.